The summed E-state index contributed by atoms with van der Waals surface area (Å²) in [5, 5.41) is 2.93. The second-order valence-corrected chi connectivity index (χ2v) is 7.77. The minimum absolute atomic E-state index is 0.00435. The second kappa shape index (κ2) is 9.09. The van der Waals surface area contributed by atoms with E-state index in [0.29, 0.717) is 24.6 Å². The lowest BCUT2D eigenvalue weighted by molar-refractivity contribution is -0.901. The molecule has 1 saturated heterocycles. The number of para-hydroxylation sites is 2. The Morgan fingerprint density at radius 1 is 1.03 bits per heavy atom. The van der Waals surface area contributed by atoms with Crippen molar-refractivity contribution >= 4 is 17.5 Å². The number of carbonyl (C=O) groups is 2. The van der Waals surface area contributed by atoms with Crippen molar-refractivity contribution < 1.29 is 19.2 Å². The molecule has 0 spiro atoms. The summed E-state index contributed by atoms with van der Waals surface area (Å²) in [5.41, 5.74) is 3.05. The van der Waals surface area contributed by atoms with Crippen LogP contribution in [-0.2, 0) is 22.7 Å². The van der Waals surface area contributed by atoms with E-state index in [2.05, 4.69) is 29.6 Å². The van der Waals surface area contributed by atoms with E-state index in [9.17, 15) is 9.59 Å². The van der Waals surface area contributed by atoms with E-state index in [1.807, 2.05) is 24.3 Å². The molecule has 152 valence electrons. The zero-order valence-electron chi connectivity index (χ0n) is 16.7. The number of fused-ring (bicyclic) bond motifs is 1. The number of anilines is 1. The number of hydrogen-bond acceptors (Lipinski definition) is 3. The van der Waals surface area contributed by atoms with Gasteiger partial charge in [-0.2, -0.15) is 0 Å². The first-order valence-corrected chi connectivity index (χ1v) is 10.4. The van der Waals surface area contributed by atoms with Crippen molar-refractivity contribution in [1.82, 2.24) is 5.32 Å². The van der Waals surface area contributed by atoms with Gasteiger partial charge >= 0.3 is 0 Å². The van der Waals surface area contributed by atoms with Crippen molar-refractivity contribution in [3.8, 4) is 5.75 Å². The second-order valence-electron chi connectivity index (χ2n) is 7.77. The maximum atomic E-state index is 12.5. The fourth-order valence-electron chi connectivity index (χ4n) is 4.01. The Morgan fingerprint density at radius 2 is 1.76 bits per heavy atom. The lowest BCUT2D eigenvalue weighted by Gasteiger charge is -2.21. The van der Waals surface area contributed by atoms with Gasteiger partial charge in [0.2, 0.25) is 11.8 Å². The predicted molar refractivity (Wildman–Crippen MR) is 111 cm³/mol. The third kappa shape index (κ3) is 4.95. The number of rotatable bonds is 6. The highest BCUT2D eigenvalue weighted by Gasteiger charge is 2.24. The zero-order valence-corrected chi connectivity index (χ0v) is 16.7. The third-order valence-electron chi connectivity index (χ3n) is 5.61. The van der Waals surface area contributed by atoms with Crippen LogP contribution >= 0.6 is 0 Å². The van der Waals surface area contributed by atoms with Crippen molar-refractivity contribution in [2.24, 2.45) is 0 Å². The van der Waals surface area contributed by atoms with Gasteiger partial charge in [0.25, 0.3) is 0 Å². The lowest BCUT2D eigenvalue weighted by Crippen LogP contribution is -3.08. The van der Waals surface area contributed by atoms with Crippen molar-refractivity contribution in [3.63, 3.8) is 0 Å². The summed E-state index contributed by atoms with van der Waals surface area (Å²) >= 11 is 0. The minimum Gasteiger partial charge on any atom is -0.491 e. The molecule has 6 heteroatoms. The van der Waals surface area contributed by atoms with Crippen LogP contribution in [0.2, 0.25) is 0 Å². The molecule has 0 bridgehead atoms. The number of amides is 2. The number of likely N-dealkylation sites (tertiary alicyclic amines) is 1. The van der Waals surface area contributed by atoms with Crippen molar-refractivity contribution in [2.75, 3.05) is 31.1 Å². The summed E-state index contributed by atoms with van der Waals surface area (Å²) in [5.74, 6) is 0.362. The summed E-state index contributed by atoms with van der Waals surface area (Å²) in [7, 11) is 0. The minimum atomic E-state index is -0.180. The maximum absolute atomic E-state index is 12.5. The van der Waals surface area contributed by atoms with Gasteiger partial charge in [-0.1, -0.05) is 36.4 Å². The van der Waals surface area contributed by atoms with Crippen molar-refractivity contribution in [3.05, 3.63) is 59.7 Å². The van der Waals surface area contributed by atoms with Crippen LogP contribution < -0.4 is 19.9 Å². The molecule has 2 heterocycles. The zero-order chi connectivity index (χ0) is 20.1. The first-order chi connectivity index (χ1) is 14.2. The molecule has 2 amide bonds. The number of carbonyl (C=O) groups excluding carboxylic acids is 2. The summed E-state index contributed by atoms with van der Waals surface area (Å²) < 4.78 is 5.62. The van der Waals surface area contributed by atoms with E-state index < -0.39 is 0 Å². The summed E-state index contributed by atoms with van der Waals surface area (Å²) in [6, 6.07) is 15.8. The molecular formula is C23H28N3O3+. The van der Waals surface area contributed by atoms with Crippen LogP contribution in [0.3, 0.4) is 0 Å². The Hall–Kier alpha value is -2.86. The van der Waals surface area contributed by atoms with Crippen LogP contribution in [-0.4, -0.2) is 38.1 Å². The molecule has 6 nitrogen and oxygen atoms in total. The van der Waals surface area contributed by atoms with Gasteiger partial charge in [-0.25, -0.2) is 0 Å². The van der Waals surface area contributed by atoms with E-state index in [0.717, 1.165) is 12.1 Å². The van der Waals surface area contributed by atoms with Crippen LogP contribution in [0, 0.1) is 0 Å². The smallest absolute Gasteiger partial charge is 0.240 e. The summed E-state index contributed by atoms with van der Waals surface area (Å²) in [4.78, 5) is 28.1. The molecule has 29 heavy (non-hydrogen) atoms. The number of nitrogens with one attached hydrogen (secondary N) is 2. The lowest BCUT2D eigenvalue weighted by atomic mass is 10.1. The molecule has 2 aliphatic heterocycles. The van der Waals surface area contributed by atoms with Gasteiger partial charge in [0, 0.05) is 24.9 Å². The SMILES string of the molecule is O=C(CN1C(=O)CCOc2ccccc21)NCc1ccc(C[NH+]2CCCC2)cc1. The van der Waals surface area contributed by atoms with Crippen LogP contribution in [0.5, 0.6) is 5.75 Å². The van der Waals surface area contributed by atoms with Gasteiger partial charge in [0.05, 0.1) is 31.8 Å². The first-order valence-electron chi connectivity index (χ1n) is 10.4. The summed E-state index contributed by atoms with van der Waals surface area (Å²) in [6.45, 7) is 4.39. The Kier molecular flexibility index (Phi) is 6.10. The summed E-state index contributed by atoms with van der Waals surface area (Å²) in [6.07, 6.45) is 2.92. The molecule has 0 aromatic heterocycles. The fourth-order valence-corrected chi connectivity index (χ4v) is 4.01. The quantitative estimate of drug-likeness (QED) is 0.776. The van der Waals surface area contributed by atoms with E-state index in [4.69, 9.17) is 4.74 Å². The largest absolute Gasteiger partial charge is 0.491 e. The molecule has 1 fully saturated rings. The van der Waals surface area contributed by atoms with Gasteiger partial charge in [-0.3, -0.25) is 14.5 Å². The Balaban J connectivity index is 1.32. The van der Waals surface area contributed by atoms with Gasteiger partial charge in [-0.05, 0) is 17.7 Å². The highest BCUT2D eigenvalue weighted by Crippen LogP contribution is 2.30. The van der Waals surface area contributed by atoms with Crippen LogP contribution in [0.1, 0.15) is 30.4 Å². The van der Waals surface area contributed by atoms with Gasteiger partial charge in [0.1, 0.15) is 18.8 Å². The highest BCUT2D eigenvalue weighted by atomic mass is 16.5. The molecule has 0 aliphatic carbocycles. The van der Waals surface area contributed by atoms with Gasteiger partial charge in [-0.15, -0.1) is 0 Å². The number of hydrogen-bond donors (Lipinski definition) is 2. The average molecular weight is 394 g/mol. The van der Waals surface area contributed by atoms with E-state index in [1.54, 1.807) is 4.90 Å². The van der Waals surface area contributed by atoms with Gasteiger partial charge in [0.15, 0.2) is 0 Å². The normalized spacial score (nSPS) is 16.8. The van der Waals surface area contributed by atoms with E-state index in [-0.39, 0.29) is 24.8 Å². The molecule has 0 saturated carbocycles. The predicted octanol–water partition coefficient (Wildman–Crippen LogP) is 1.30. The molecule has 2 N–H and O–H groups in total. The van der Waals surface area contributed by atoms with Crippen molar-refractivity contribution in [2.45, 2.75) is 32.4 Å². The monoisotopic (exact) mass is 394 g/mol. The molecule has 0 atom stereocenters. The molecule has 0 unspecified atom stereocenters. The maximum Gasteiger partial charge on any atom is 0.240 e. The number of nitrogens with zero attached hydrogens (tertiary/aromatic N) is 1. The van der Waals surface area contributed by atoms with Crippen LogP contribution in [0.15, 0.2) is 48.5 Å². The Bertz CT molecular complexity index is 860. The Labute approximate surface area is 171 Å². The first kappa shape index (κ1) is 19.5. The van der Waals surface area contributed by atoms with E-state index >= 15 is 0 Å². The van der Waals surface area contributed by atoms with Gasteiger partial charge < -0.3 is 15.0 Å². The standard InChI is InChI=1S/C23H27N3O3/c27-22(17-26-20-5-1-2-6-21(20)29-14-11-23(26)28)24-15-18-7-9-19(10-8-18)16-25-12-3-4-13-25/h1-2,5-10H,3-4,11-17H2,(H,24,27)/p+1. The number of quaternary nitrogens is 1. The Morgan fingerprint density at radius 3 is 2.55 bits per heavy atom. The number of ether oxygens (including phenoxy) is 1. The molecule has 2 aromatic rings. The fraction of sp³-hybridized carbons (Fsp3) is 0.391. The molecule has 0 radical (unpaired) electrons. The average Bonchev–Trinajstić information content (AvgIpc) is 3.19. The molecular weight excluding hydrogens is 366 g/mol. The molecule has 2 aromatic carbocycles. The van der Waals surface area contributed by atoms with Crippen LogP contribution in [0.4, 0.5) is 5.69 Å². The molecule has 4 rings (SSSR count). The highest BCUT2D eigenvalue weighted by molar-refractivity contribution is 6.00. The third-order valence-corrected chi connectivity index (χ3v) is 5.61. The van der Waals surface area contributed by atoms with Crippen molar-refractivity contribution in [1.29, 1.82) is 0 Å². The number of benzene rings is 2. The van der Waals surface area contributed by atoms with E-state index in [1.165, 1.54) is 36.4 Å². The van der Waals surface area contributed by atoms with Crippen LogP contribution in [0.25, 0.3) is 0 Å². The molecule has 2 aliphatic rings. The topological polar surface area (TPSA) is 63.1 Å².